The molecule has 3 saturated heterocycles. The van der Waals surface area contributed by atoms with Gasteiger partial charge in [-0.25, -0.2) is 0 Å². The van der Waals surface area contributed by atoms with Crippen molar-refractivity contribution in [2.75, 3.05) is 18.4 Å². The molecule has 0 aliphatic carbocycles. The Morgan fingerprint density at radius 3 is 2.30 bits per heavy atom. The van der Waals surface area contributed by atoms with Gasteiger partial charge in [0.05, 0.1) is 24.0 Å². The Bertz CT molecular complexity index is 739. The molecule has 3 aliphatic rings. The number of benzene rings is 1. The summed E-state index contributed by atoms with van der Waals surface area (Å²) in [6.45, 7) is 0.914. The van der Waals surface area contributed by atoms with Gasteiger partial charge in [0, 0.05) is 24.3 Å². The number of likely N-dealkylation sites (tertiary alicyclic amines) is 1. The van der Waals surface area contributed by atoms with Crippen LogP contribution in [0.2, 0.25) is 0 Å². The highest BCUT2D eigenvalue weighted by molar-refractivity contribution is 5.96. The zero-order chi connectivity index (χ0) is 19.0. The molecule has 1 aromatic carbocycles. The van der Waals surface area contributed by atoms with E-state index in [0.29, 0.717) is 37.2 Å². The van der Waals surface area contributed by atoms with Crippen molar-refractivity contribution in [3.63, 3.8) is 0 Å². The number of nitrogens with one attached hydrogen (secondary N) is 1. The van der Waals surface area contributed by atoms with Crippen molar-refractivity contribution < 1.29 is 24.2 Å². The number of piperidine rings is 1. The number of carboxylic acid groups (broad SMARTS) is 1. The van der Waals surface area contributed by atoms with Crippen molar-refractivity contribution >= 4 is 23.5 Å². The molecule has 3 unspecified atom stereocenters. The number of amides is 2. The van der Waals surface area contributed by atoms with Crippen LogP contribution < -0.4 is 5.32 Å². The average Bonchev–Trinajstić information content (AvgIpc) is 3.32. The van der Waals surface area contributed by atoms with Gasteiger partial charge < -0.3 is 20.1 Å². The number of carboxylic acids is 1. The van der Waals surface area contributed by atoms with Gasteiger partial charge in [-0.15, -0.1) is 0 Å². The van der Waals surface area contributed by atoms with E-state index in [-0.39, 0.29) is 35.9 Å². The second-order valence-electron chi connectivity index (χ2n) is 7.69. The fourth-order valence-corrected chi connectivity index (χ4v) is 4.36. The molecule has 3 heterocycles. The van der Waals surface area contributed by atoms with Gasteiger partial charge in [-0.3, -0.25) is 14.4 Å². The Kier molecular flexibility index (Phi) is 4.86. The third-order valence-electron chi connectivity index (χ3n) is 5.97. The van der Waals surface area contributed by atoms with Crippen LogP contribution in [0.15, 0.2) is 24.3 Å². The summed E-state index contributed by atoms with van der Waals surface area (Å²) in [4.78, 5) is 37.7. The first-order valence-corrected chi connectivity index (χ1v) is 9.59. The first kappa shape index (κ1) is 18.0. The van der Waals surface area contributed by atoms with Crippen LogP contribution in [-0.4, -0.2) is 53.1 Å². The molecular formula is C20H24N2O5. The minimum atomic E-state index is -0.789. The molecule has 3 atom stereocenters. The fourth-order valence-electron chi connectivity index (χ4n) is 4.36. The molecule has 3 aliphatic heterocycles. The van der Waals surface area contributed by atoms with Gasteiger partial charge in [0.1, 0.15) is 0 Å². The van der Waals surface area contributed by atoms with Crippen LogP contribution in [0, 0.1) is 11.8 Å². The smallest absolute Gasteiger partial charge is 0.306 e. The molecule has 2 N–H and O–H groups in total. The summed E-state index contributed by atoms with van der Waals surface area (Å²) in [5.41, 5.74) is 1.22. The van der Waals surface area contributed by atoms with Gasteiger partial charge in [-0.1, -0.05) is 0 Å². The van der Waals surface area contributed by atoms with Crippen molar-refractivity contribution in [1.29, 1.82) is 0 Å². The van der Waals surface area contributed by atoms with E-state index in [9.17, 15) is 14.4 Å². The number of hydrogen-bond donors (Lipinski definition) is 2. The molecule has 2 bridgehead atoms. The maximum absolute atomic E-state index is 12.6. The minimum Gasteiger partial charge on any atom is -0.481 e. The molecule has 7 heteroatoms. The third kappa shape index (κ3) is 3.69. The van der Waals surface area contributed by atoms with Crippen molar-refractivity contribution in [2.24, 2.45) is 11.8 Å². The molecular weight excluding hydrogens is 348 g/mol. The molecule has 0 aromatic heterocycles. The Hall–Kier alpha value is -2.41. The molecule has 27 heavy (non-hydrogen) atoms. The van der Waals surface area contributed by atoms with Crippen molar-refractivity contribution in [1.82, 2.24) is 4.90 Å². The largest absolute Gasteiger partial charge is 0.481 e. The number of hydrogen-bond acceptors (Lipinski definition) is 4. The Balaban J connectivity index is 1.33. The van der Waals surface area contributed by atoms with Crippen LogP contribution in [-0.2, 0) is 14.3 Å². The second-order valence-corrected chi connectivity index (χ2v) is 7.69. The number of anilines is 1. The SMILES string of the molecule is O=C(O)C1CCN(C(=O)c2ccc(NC(=O)C3CC4CCC3O4)cc2)CC1. The van der Waals surface area contributed by atoms with E-state index in [0.717, 1.165) is 19.3 Å². The lowest BCUT2D eigenvalue weighted by Crippen LogP contribution is -2.40. The van der Waals surface area contributed by atoms with Gasteiger partial charge >= 0.3 is 5.97 Å². The summed E-state index contributed by atoms with van der Waals surface area (Å²) in [7, 11) is 0. The summed E-state index contributed by atoms with van der Waals surface area (Å²) in [5, 5.41) is 12.0. The van der Waals surface area contributed by atoms with E-state index >= 15 is 0 Å². The molecule has 7 nitrogen and oxygen atoms in total. The molecule has 0 saturated carbocycles. The number of rotatable bonds is 4. The monoisotopic (exact) mass is 372 g/mol. The van der Waals surface area contributed by atoms with Gasteiger partial charge in [0.2, 0.25) is 5.91 Å². The van der Waals surface area contributed by atoms with E-state index < -0.39 is 5.97 Å². The molecule has 0 radical (unpaired) electrons. The minimum absolute atomic E-state index is 0.0166. The molecule has 3 fully saturated rings. The lowest BCUT2D eigenvalue weighted by Gasteiger charge is -2.30. The molecule has 144 valence electrons. The first-order chi connectivity index (χ1) is 13.0. The normalized spacial score (nSPS) is 27.6. The lowest BCUT2D eigenvalue weighted by atomic mass is 9.88. The fraction of sp³-hybridized carbons (Fsp3) is 0.550. The molecule has 0 spiro atoms. The number of aliphatic carboxylic acids is 1. The predicted octanol–water partition coefficient (Wildman–Crippen LogP) is 2.13. The molecule has 2 amide bonds. The Labute approximate surface area is 157 Å². The Morgan fingerprint density at radius 1 is 1.04 bits per heavy atom. The van der Waals surface area contributed by atoms with Crippen LogP contribution >= 0.6 is 0 Å². The number of nitrogens with zero attached hydrogens (tertiary/aromatic N) is 1. The van der Waals surface area contributed by atoms with E-state index in [1.807, 2.05) is 0 Å². The van der Waals surface area contributed by atoms with Crippen molar-refractivity contribution in [2.45, 2.75) is 44.3 Å². The Morgan fingerprint density at radius 2 is 1.74 bits per heavy atom. The number of ether oxygens (including phenoxy) is 1. The van der Waals surface area contributed by atoms with Crippen LogP contribution in [0.1, 0.15) is 42.5 Å². The van der Waals surface area contributed by atoms with Crippen LogP contribution in [0.3, 0.4) is 0 Å². The highest BCUT2D eigenvalue weighted by Crippen LogP contribution is 2.39. The summed E-state index contributed by atoms with van der Waals surface area (Å²) >= 11 is 0. The van der Waals surface area contributed by atoms with E-state index in [4.69, 9.17) is 9.84 Å². The first-order valence-electron chi connectivity index (χ1n) is 9.59. The number of carbonyl (C=O) groups excluding carboxylic acids is 2. The second kappa shape index (κ2) is 7.31. The van der Waals surface area contributed by atoms with Gasteiger partial charge in [0.15, 0.2) is 0 Å². The topological polar surface area (TPSA) is 95.9 Å². The highest BCUT2D eigenvalue weighted by Gasteiger charge is 2.44. The van der Waals surface area contributed by atoms with Crippen molar-refractivity contribution in [3.8, 4) is 0 Å². The summed E-state index contributed by atoms with van der Waals surface area (Å²) < 4.78 is 5.74. The van der Waals surface area contributed by atoms with Crippen LogP contribution in [0.5, 0.6) is 0 Å². The maximum atomic E-state index is 12.6. The standard InChI is InChI=1S/C20H24N2O5/c23-18(16-11-15-5-6-17(16)27-15)21-14-3-1-12(2-4-14)19(24)22-9-7-13(8-10-22)20(25)26/h1-4,13,15-17H,5-11H2,(H,21,23)(H,25,26). The number of carbonyl (C=O) groups is 3. The predicted molar refractivity (Wildman–Crippen MR) is 97.3 cm³/mol. The van der Waals surface area contributed by atoms with Gasteiger partial charge in [-0.05, 0) is 56.4 Å². The van der Waals surface area contributed by atoms with Gasteiger partial charge in [-0.2, -0.15) is 0 Å². The van der Waals surface area contributed by atoms with Crippen LogP contribution in [0.25, 0.3) is 0 Å². The van der Waals surface area contributed by atoms with E-state index in [1.54, 1.807) is 29.2 Å². The lowest BCUT2D eigenvalue weighted by molar-refractivity contribution is -0.143. The van der Waals surface area contributed by atoms with E-state index in [2.05, 4.69) is 5.32 Å². The van der Waals surface area contributed by atoms with Gasteiger partial charge in [0.25, 0.3) is 5.91 Å². The summed E-state index contributed by atoms with van der Waals surface area (Å²) in [5.74, 6) is -1.35. The summed E-state index contributed by atoms with van der Waals surface area (Å²) in [6.07, 6.45) is 4.05. The average molecular weight is 372 g/mol. The molecule has 4 rings (SSSR count). The summed E-state index contributed by atoms with van der Waals surface area (Å²) in [6, 6.07) is 6.89. The van der Waals surface area contributed by atoms with Crippen LogP contribution in [0.4, 0.5) is 5.69 Å². The van der Waals surface area contributed by atoms with Crippen molar-refractivity contribution in [3.05, 3.63) is 29.8 Å². The maximum Gasteiger partial charge on any atom is 0.306 e. The quantitative estimate of drug-likeness (QED) is 0.844. The number of fused-ring (bicyclic) bond motifs is 2. The molecule has 1 aromatic rings. The van der Waals surface area contributed by atoms with E-state index in [1.165, 1.54) is 0 Å². The highest BCUT2D eigenvalue weighted by atomic mass is 16.5. The zero-order valence-corrected chi connectivity index (χ0v) is 15.1. The zero-order valence-electron chi connectivity index (χ0n) is 15.1. The third-order valence-corrected chi connectivity index (χ3v) is 5.97.